The lowest BCUT2D eigenvalue weighted by atomic mass is 10.1. The minimum Gasteiger partial charge on any atom is -0.444 e. The lowest BCUT2D eigenvalue weighted by Gasteiger charge is -2.35. The molecule has 4 amide bonds. The minimum atomic E-state index is -0.549. The van der Waals surface area contributed by atoms with E-state index < -0.39 is 5.60 Å². The van der Waals surface area contributed by atoms with Crippen LogP contribution in [-0.4, -0.2) is 76.8 Å². The number of rotatable bonds is 4. The molecule has 2 aliphatic heterocycles. The number of fused-ring (bicyclic) bond motifs is 1. The van der Waals surface area contributed by atoms with Crippen molar-refractivity contribution in [3.63, 3.8) is 0 Å². The first-order chi connectivity index (χ1) is 15.1. The molecule has 0 N–H and O–H groups in total. The number of hydrogen-bond acceptors (Lipinski definition) is 5. The lowest BCUT2D eigenvalue weighted by molar-refractivity contribution is -0.133. The Hall–Kier alpha value is -2.90. The Labute approximate surface area is 190 Å². The van der Waals surface area contributed by atoms with Crippen LogP contribution in [0.15, 0.2) is 18.2 Å². The van der Waals surface area contributed by atoms with Gasteiger partial charge in [0, 0.05) is 39.1 Å². The number of carbonyl (C=O) groups is 4. The Morgan fingerprint density at radius 3 is 2.09 bits per heavy atom. The fourth-order valence-corrected chi connectivity index (χ4v) is 3.62. The van der Waals surface area contributed by atoms with Crippen molar-refractivity contribution in [3.8, 4) is 0 Å². The summed E-state index contributed by atoms with van der Waals surface area (Å²) in [6.45, 7) is 13.3. The average molecular weight is 446 g/mol. The van der Waals surface area contributed by atoms with Crippen LogP contribution in [0, 0.1) is 6.92 Å². The monoisotopic (exact) mass is 445 g/mol. The van der Waals surface area contributed by atoms with E-state index in [1.165, 1.54) is 4.90 Å². The van der Waals surface area contributed by atoms with Gasteiger partial charge in [-0.3, -0.25) is 19.3 Å². The summed E-state index contributed by atoms with van der Waals surface area (Å²) in [6, 6.07) is 5.22. The summed E-state index contributed by atoms with van der Waals surface area (Å²) in [5.41, 5.74) is 1.24. The molecule has 1 fully saturated rings. The van der Waals surface area contributed by atoms with Crippen LogP contribution in [0.5, 0.6) is 0 Å². The van der Waals surface area contributed by atoms with Gasteiger partial charge in [0.05, 0.1) is 11.1 Å². The molecule has 2 heterocycles. The summed E-state index contributed by atoms with van der Waals surface area (Å²) in [7, 11) is 0. The maximum absolute atomic E-state index is 12.5. The third kappa shape index (κ3) is 6.08. The van der Waals surface area contributed by atoms with Crippen LogP contribution >= 0.6 is 0 Å². The second kappa shape index (κ2) is 10.6. The van der Waals surface area contributed by atoms with Crippen LogP contribution in [-0.2, 0) is 9.53 Å². The molecule has 8 nitrogen and oxygen atoms in total. The predicted molar refractivity (Wildman–Crippen MR) is 122 cm³/mol. The van der Waals surface area contributed by atoms with Gasteiger partial charge in [-0.1, -0.05) is 25.5 Å². The van der Waals surface area contributed by atoms with Crippen LogP contribution < -0.4 is 0 Å². The number of nitrogens with zero attached hydrogens (tertiary/aromatic N) is 3. The zero-order chi connectivity index (χ0) is 24.1. The van der Waals surface area contributed by atoms with Crippen molar-refractivity contribution in [1.29, 1.82) is 0 Å². The Bertz CT molecular complexity index is 867. The molecule has 0 aromatic heterocycles. The van der Waals surface area contributed by atoms with Gasteiger partial charge in [0.15, 0.2) is 0 Å². The summed E-state index contributed by atoms with van der Waals surface area (Å²) in [4.78, 5) is 54.1. The molecule has 176 valence electrons. The molecule has 0 aliphatic carbocycles. The molecule has 0 saturated carbocycles. The standard InChI is InChI=1S/C22H29N3O5.C2H6/c1-15-7-8-16-17(14-15)20(28)25(19(16)27)9-5-6-18(26)23-10-12-24(13-11-23)21(29)30-22(2,3)4;1-2/h7-8,14H,5-6,9-13H2,1-4H3;1-2H3. The number of aryl methyl sites for hydroxylation is 1. The second-order valence-electron chi connectivity index (χ2n) is 8.76. The number of ether oxygens (including phenoxy) is 1. The third-order valence-electron chi connectivity index (χ3n) is 5.18. The van der Waals surface area contributed by atoms with Crippen molar-refractivity contribution in [3.05, 3.63) is 34.9 Å². The molecule has 1 aromatic rings. The van der Waals surface area contributed by atoms with Crippen LogP contribution in [0.25, 0.3) is 0 Å². The van der Waals surface area contributed by atoms with Crippen LogP contribution in [0.3, 0.4) is 0 Å². The highest BCUT2D eigenvalue weighted by molar-refractivity contribution is 6.21. The third-order valence-corrected chi connectivity index (χ3v) is 5.18. The van der Waals surface area contributed by atoms with E-state index in [0.29, 0.717) is 43.7 Å². The van der Waals surface area contributed by atoms with E-state index in [0.717, 1.165) is 5.56 Å². The van der Waals surface area contributed by atoms with Crippen molar-refractivity contribution < 1.29 is 23.9 Å². The van der Waals surface area contributed by atoms with E-state index >= 15 is 0 Å². The molecule has 0 radical (unpaired) electrons. The molecule has 3 rings (SSSR count). The Morgan fingerprint density at radius 2 is 1.50 bits per heavy atom. The fraction of sp³-hybridized carbons (Fsp3) is 0.583. The van der Waals surface area contributed by atoms with Gasteiger partial charge < -0.3 is 14.5 Å². The summed E-state index contributed by atoms with van der Waals surface area (Å²) < 4.78 is 5.36. The molecule has 0 bridgehead atoms. The van der Waals surface area contributed by atoms with Crippen LogP contribution in [0.2, 0.25) is 0 Å². The zero-order valence-corrected chi connectivity index (χ0v) is 20.1. The summed E-state index contributed by atoms with van der Waals surface area (Å²) in [5, 5.41) is 0. The maximum atomic E-state index is 12.5. The quantitative estimate of drug-likeness (QED) is 0.662. The topological polar surface area (TPSA) is 87.2 Å². The van der Waals surface area contributed by atoms with Gasteiger partial charge in [0.1, 0.15) is 5.60 Å². The van der Waals surface area contributed by atoms with E-state index in [-0.39, 0.29) is 36.8 Å². The van der Waals surface area contributed by atoms with Crippen molar-refractivity contribution in [2.24, 2.45) is 0 Å². The zero-order valence-electron chi connectivity index (χ0n) is 20.1. The van der Waals surface area contributed by atoms with Gasteiger partial charge >= 0.3 is 6.09 Å². The predicted octanol–water partition coefficient (Wildman–Crippen LogP) is 3.48. The molecular weight excluding hydrogens is 410 g/mol. The number of carbonyl (C=O) groups excluding carboxylic acids is 4. The van der Waals surface area contributed by atoms with Gasteiger partial charge in [0.25, 0.3) is 11.8 Å². The van der Waals surface area contributed by atoms with E-state index in [1.54, 1.807) is 21.9 Å². The Morgan fingerprint density at radius 1 is 0.938 bits per heavy atom. The first kappa shape index (κ1) is 25.4. The number of amides is 4. The average Bonchev–Trinajstić information content (AvgIpc) is 2.98. The molecule has 2 aliphatic rings. The summed E-state index contributed by atoms with van der Waals surface area (Å²) in [5.74, 6) is -0.628. The van der Waals surface area contributed by atoms with E-state index in [1.807, 2.05) is 47.6 Å². The van der Waals surface area contributed by atoms with Crippen LogP contribution in [0.1, 0.15) is 73.7 Å². The molecule has 32 heavy (non-hydrogen) atoms. The molecule has 1 saturated heterocycles. The van der Waals surface area contributed by atoms with Gasteiger partial charge in [-0.05, 0) is 46.2 Å². The summed E-state index contributed by atoms with van der Waals surface area (Å²) in [6.07, 6.45) is 0.296. The maximum Gasteiger partial charge on any atom is 0.410 e. The molecule has 1 aromatic carbocycles. The molecule has 0 atom stereocenters. The van der Waals surface area contributed by atoms with Crippen molar-refractivity contribution >= 4 is 23.8 Å². The van der Waals surface area contributed by atoms with Crippen molar-refractivity contribution in [2.45, 2.75) is 60.0 Å². The van der Waals surface area contributed by atoms with E-state index in [9.17, 15) is 19.2 Å². The lowest BCUT2D eigenvalue weighted by Crippen LogP contribution is -2.51. The molecule has 0 spiro atoms. The smallest absolute Gasteiger partial charge is 0.410 e. The molecule has 8 heteroatoms. The van der Waals surface area contributed by atoms with E-state index in [4.69, 9.17) is 4.74 Å². The Kier molecular flexibility index (Phi) is 8.41. The number of imide groups is 1. The second-order valence-corrected chi connectivity index (χ2v) is 8.76. The normalized spacial score (nSPS) is 15.9. The van der Waals surface area contributed by atoms with Crippen LogP contribution in [0.4, 0.5) is 4.79 Å². The van der Waals surface area contributed by atoms with Gasteiger partial charge in [-0.15, -0.1) is 0 Å². The Balaban J connectivity index is 0.00000176. The fourth-order valence-electron chi connectivity index (χ4n) is 3.62. The highest BCUT2D eigenvalue weighted by Crippen LogP contribution is 2.24. The number of hydrogen-bond donors (Lipinski definition) is 0. The molecule has 0 unspecified atom stereocenters. The molecular formula is C24H35N3O5. The number of benzene rings is 1. The van der Waals surface area contributed by atoms with Crippen molar-refractivity contribution in [1.82, 2.24) is 14.7 Å². The van der Waals surface area contributed by atoms with Gasteiger partial charge in [-0.25, -0.2) is 4.79 Å². The van der Waals surface area contributed by atoms with Gasteiger partial charge in [-0.2, -0.15) is 0 Å². The highest BCUT2D eigenvalue weighted by atomic mass is 16.6. The number of piperazine rings is 1. The summed E-state index contributed by atoms with van der Waals surface area (Å²) >= 11 is 0. The highest BCUT2D eigenvalue weighted by Gasteiger charge is 2.35. The van der Waals surface area contributed by atoms with Crippen molar-refractivity contribution in [2.75, 3.05) is 32.7 Å². The SMILES string of the molecule is CC.Cc1ccc2c(c1)C(=O)N(CCCC(=O)N1CCN(C(=O)OC(C)(C)C)CC1)C2=O. The first-order valence-electron chi connectivity index (χ1n) is 11.3. The largest absolute Gasteiger partial charge is 0.444 e. The van der Waals surface area contributed by atoms with Gasteiger partial charge in [0.2, 0.25) is 5.91 Å². The minimum absolute atomic E-state index is 0.0358. The first-order valence-corrected chi connectivity index (χ1v) is 11.3. The van der Waals surface area contributed by atoms with E-state index in [2.05, 4.69) is 0 Å².